The predicted octanol–water partition coefficient (Wildman–Crippen LogP) is 4.84. The summed E-state index contributed by atoms with van der Waals surface area (Å²) in [6, 6.07) is 17.8. The van der Waals surface area contributed by atoms with Crippen molar-refractivity contribution in [2.75, 3.05) is 5.32 Å². The van der Waals surface area contributed by atoms with E-state index in [0.29, 0.717) is 22.0 Å². The Morgan fingerprint density at radius 2 is 1.79 bits per heavy atom. The van der Waals surface area contributed by atoms with Crippen LogP contribution in [0.4, 0.5) is 5.69 Å². The zero-order valence-electron chi connectivity index (χ0n) is 14.3. The molecule has 0 aliphatic heterocycles. The van der Waals surface area contributed by atoms with Gasteiger partial charge >= 0.3 is 5.97 Å². The number of nitrogens with zero attached hydrogens (tertiary/aromatic N) is 1. The molecule has 0 fully saturated rings. The fourth-order valence-electron chi connectivity index (χ4n) is 2.48. The van der Waals surface area contributed by atoms with E-state index in [1.807, 2.05) is 6.07 Å². The normalized spacial score (nSPS) is 10.9. The highest BCUT2D eigenvalue weighted by atomic mass is 35.5. The van der Waals surface area contributed by atoms with Crippen LogP contribution in [0, 0.1) is 11.3 Å². The minimum atomic E-state index is -1.08. The largest absolute Gasteiger partial charge is 0.478 e. The number of anilines is 1. The monoisotopic (exact) mass is 392 g/mol. The van der Waals surface area contributed by atoms with Crippen LogP contribution in [0.1, 0.15) is 16.1 Å². The standard InChI is InChI=1S/C21H13ClN2O4/c22-14-5-7-15(8-6-14)24-20(25)13(12-23)11-16-9-10-19(28-16)17-3-1-2-4-18(17)21(26)27/h1-11H,(H,24,25)(H,26,27)/b13-11+. The summed E-state index contributed by atoms with van der Waals surface area (Å²) in [6.07, 6.45) is 1.29. The number of rotatable bonds is 5. The Balaban J connectivity index is 1.85. The molecule has 138 valence electrons. The Kier molecular flexibility index (Phi) is 5.58. The number of halogens is 1. The number of nitriles is 1. The van der Waals surface area contributed by atoms with E-state index in [0.717, 1.165) is 0 Å². The molecular formula is C21H13ClN2O4. The van der Waals surface area contributed by atoms with Crippen molar-refractivity contribution in [3.8, 4) is 17.4 Å². The number of nitrogens with one attached hydrogen (secondary N) is 1. The number of hydrogen-bond donors (Lipinski definition) is 2. The molecule has 1 heterocycles. The SMILES string of the molecule is N#C/C(=C\c1ccc(-c2ccccc2C(=O)O)o1)C(=O)Nc1ccc(Cl)cc1. The van der Waals surface area contributed by atoms with E-state index < -0.39 is 11.9 Å². The average Bonchev–Trinajstić information content (AvgIpc) is 3.16. The van der Waals surface area contributed by atoms with Gasteiger partial charge in [0.1, 0.15) is 23.2 Å². The van der Waals surface area contributed by atoms with Gasteiger partial charge in [-0.05, 0) is 42.5 Å². The first-order valence-corrected chi connectivity index (χ1v) is 8.47. The fraction of sp³-hybridized carbons (Fsp3) is 0. The molecule has 0 radical (unpaired) electrons. The van der Waals surface area contributed by atoms with E-state index in [1.54, 1.807) is 54.6 Å². The molecule has 1 amide bonds. The summed E-state index contributed by atoms with van der Waals surface area (Å²) in [4.78, 5) is 23.7. The summed E-state index contributed by atoms with van der Waals surface area (Å²) in [5.74, 6) is -1.12. The number of carboxylic acid groups (broad SMARTS) is 1. The fourth-order valence-corrected chi connectivity index (χ4v) is 2.61. The van der Waals surface area contributed by atoms with Crippen molar-refractivity contribution >= 4 is 35.2 Å². The first-order chi connectivity index (χ1) is 13.5. The minimum Gasteiger partial charge on any atom is -0.478 e. The average molecular weight is 393 g/mol. The van der Waals surface area contributed by atoms with Crippen molar-refractivity contribution in [3.05, 3.63) is 82.6 Å². The van der Waals surface area contributed by atoms with Gasteiger partial charge in [0.2, 0.25) is 0 Å². The van der Waals surface area contributed by atoms with Gasteiger partial charge in [-0.25, -0.2) is 4.79 Å². The number of carbonyl (C=O) groups is 2. The van der Waals surface area contributed by atoms with Crippen molar-refractivity contribution < 1.29 is 19.1 Å². The van der Waals surface area contributed by atoms with Gasteiger partial charge in [-0.2, -0.15) is 5.26 Å². The molecule has 7 heteroatoms. The lowest BCUT2D eigenvalue weighted by atomic mass is 10.1. The van der Waals surface area contributed by atoms with Crippen LogP contribution in [0.2, 0.25) is 5.02 Å². The van der Waals surface area contributed by atoms with Gasteiger partial charge in [0.05, 0.1) is 5.56 Å². The second-order valence-electron chi connectivity index (χ2n) is 5.68. The van der Waals surface area contributed by atoms with Crippen LogP contribution in [0.3, 0.4) is 0 Å². The van der Waals surface area contributed by atoms with Gasteiger partial charge in [0, 0.05) is 22.3 Å². The van der Waals surface area contributed by atoms with Crippen LogP contribution < -0.4 is 5.32 Å². The highest BCUT2D eigenvalue weighted by molar-refractivity contribution is 6.30. The molecule has 0 spiro atoms. The van der Waals surface area contributed by atoms with Crippen LogP contribution in [-0.2, 0) is 4.79 Å². The second-order valence-corrected chi connectivity index (χ2v) is 6.12. The first-order valence-electron chi connectivity index (χ1n) is 8.09. The Bertz CT molecular complexity index is 1110. The Morgan fingerprint density at radius 3 is 2.46 bits per heavy atom. The number of amides is 1. The Morgan fingerprint density at radius 1 is 1.07 bits per heavy atom. The third-order valence-electron chi connectivity index (χ3n) is 3.80. The van der Waals surface area contributed by atoms with E-state index in [2.05, 4.69) is 5.32 Å². The van der Waals surface area contributed by atoms with Crippen LogP contribution in [-0.4, -0.2) is 17.0 Å². The zero-order valence-corrected chi connectivity index (χ0v) is 15.1. The summed E-state index contributed by atoms with van der Waals surface area (Å²) in [5.41, 5.74) is 0.820. The van der Waals surface area contributed by atoms with Crippen molar-refractivity contribution in [1.82, 2.24) is 0 Å². The highest BCUT2D eigenvalue weighted by Gasteiger charge is 2.15. The highest BCUT2D eigenvalue weighted by Crippen LogP contribution is 2.27. The molecule has 2 aromatic carbocycles. The van der Waals surface area contributed by atoms with Gasteiger partial charge in [0.15, 0.2) is 0 Å². The molecule has 0 bridgehead atoms. The third kappa shape index (κ3) is 4.29. The van der Waals surface area contributed by atoms with Gasteiger partial charge in [-0.3, -0.25) is 4.79 Å². The lowest BCUT2D eigenvalue weighted by molar-refractivity contribution is -0.112. The maximum atomic E-state index is 12.3. The van der Waals surface area contributed by atoms with Crippen LogP contribution >= 0.6 is 11.6 Å². The molecule has 0 aliphatic rings. The first kappa shape index (κ1) is 19.0. The Hall–Kier alpha value is -3.82. The molecule has 0 saturated heterocycles. The van der Waals surface area contributed by atoms with Crippen molar-refractivity contribution in [2.45, 2.75) is 0 Å². The van der Waals surface area contributed by atoms with Crippen LogP contribution in [0.5, 0.6) is 0 Å². The molecule has 2 N–H and O–H groups in total. The zero-order chi connectivity index (χ0) is 20.1. The molecule has 0 saturated carbocycles. The van der Waals surface area contributed by atoms with Gasteiger partial charge in [-0.15, -0.1) is 0 Å². The molecule has 3 rings (SSSR count). The van der Waals surface area contributed by atoms with Crippen molar-refractivity contribution in [3.63, 3.8) is 0 Å². The van der Waals surface area contributed by atoms with E-state index in [-0.39, 0.29) is 16.9 Å². The van der Waals surface area contributed by atoms with Gasteiger partial charge in [0.25, 0.3) is 5.91 Å². The third-order valence-corrected chi connectivity index (χ3v) is 4.06. The quantitative estimate of drug-likeness (QED) is 0.477. The number of benzene rings is 2. The van der Waals surface area contributed by atoms with Gasteiger partial charge in [-0.1, -0.05) is 29.8 Å². The summed E-state index contributed by atoms with van der Waals surface area (Å²) in [6.45, 7) is 0. The maximum Gasteiger partial charge on any atom is 0.336 e. The summed E-state index contributed by atoms with van der Waals surface area (Å²) < 4.78 is 5.62. The minimum absolute atomic E-state index is 0.0911. The van der Waals surface area contributed by atoms with E-state index in [1.165, 1.54) is 12.1 Å². The van der Waals surface area contributed by atoms with Gasteiger partial charge < -0.3 is 14.8 Å². The molecular weight excluding hydrogens is 380 g/mol. The summed E-state index contributed by atoms with van der Waals surface area (Å²) >= 11 is 5.80. The van der Waals surface area contributed by atoms with E-state index in [9.17, 15) is 20.0 Å². The number of hydrogen-bond acceptors (Lipinski definition) is 4. The topological polar surface area (TPSA) is 103 Å². The molecule has 6 nitrogen and oxygen atoms in total. The lowest BCUT2D eigenvalue weighted by Gasteiger charge is -2.04. The van der Waals surface area contributed by atoms with E-state index >= 15 is 0 Å². The number of furan rings is 1. The second kappa shape index (κ2) is 8.25. The smallest absolute Gasteiger partial charge is 0.336 e. The summed E-state index contributed by atoms with van der Waals surface area (Å²) in [7, 11) is 0. The van der Waals surface area contributed by atoms with Crippen molar-refractivity contribution in [2.24, 2.45) is 0 Å². The van der Waals surface area contributed by atoms with Crippen LogP contribution in [0.25, 0.3) is 17.4 Å². The predicted molar refractivity (Wildman–Crippen MR) is 105 cm³/mol. The molecule has 0 atom stereocenters. The number of carbonyl (C=O) groups excluding carboxylic acids is 1. The summed E-state index contributed by atoms with van der Waals surface area (Å²) in [5, 5.41) is 21.7. The number of carboxylic acids is 1. The van der Waals surface area contributed by atoms with Crippen LogP contribution in [0.15, 0.2) is 70.7 Å². The molecule has 0 aliphatic carbocycles. The molecule has 1 aromatic heterocycles. The maximum absolute atomic E-state index is 12.3. The molecule has 28 heavy (non-hydrogen) atoms. The lowest BCUT2D eigenvalue weighted by Crippen LogP contribution is -2.13. The van der Waals surface area contributed by atoms with Crippen molar-refractivity contribution in [1.29, 1.82) is 5.26 Å². The molecule has 3 aromatic rings. The Labute approximate surface area is 165 Å². The van der Waals surface area contributed by atoms with E-state index in [4.69, 9.17) is 16.0 Å². The number of aromatic carboxylic acids is 1. The molecule has 0 unspecified atom stereocenters.